The van der Waals surface area contributed by atoms with Crippen LogP contribution in [0, 0.1) is 0 Å². The number of oxazole rings is 1. The minimum Gasteiger partial charge on any atom is -0.438 e. The van der Waals surface area contributed by atoms with E-state index in [1.165, 1.54) is 12.6 Å². The number of nitrogens with one attached hydrogen (secondary N) is 1. The third-order valence-corrected chi connectivity index (χ3v) is 2.52. The lowest BCUT2D eigenvalue weighted by Crippen LogP contribution is -2.25. The van der Waals surface area contributed by atoms with E-state index in [9.17, 15) is 4.79 Å². The highest BCUT2D eigenvalue weighted by molar-refractivity contribution is 6.30. The second-order valence-corrected chi connectivity index (χ2v) is 3.93. The molecule has 5 heteroatoms. The van der Waals surface area contributed by atoms with Crippen molar-refractivity contribution >= 4 is 17.5 Å². The highest BCUT2D eigenvalue weighted by Gasteiger charge is 2.07. The zero-order valence-corrected chi connectivity index (χ0v) is 9.78. The normalized spacial score (nSPS) is 10.2. The molecule has 2 rings (SSSR count). The van der Waals surface area contributed by atoms with Gasteiger partial charge in [0, 0.05) is 11.6 Å². The van der Waals surface area contributed by atoms with Crippen LogP contribution in [0.2, 0.25) is 5.02 Å². The maximum atomic E-state index is 11.5. The monoisotopic (exact) mass is 250 g/mol. The van der Waals surface area contributed by atoms with Crippen molar-refractivity contribution in [1.82, 2.24) is 10.3 Å². The Bertz CT molecular complexity index is 480. The molecule has 0 aliphatic carbocycles. The number of aromatic nitrogens is 1. The lowest BCUT2D eigenvalue weighted by atomic mass is 10.1. The van der Waals surface area contributed by atoms with Crippen molar-refractivity contribution in [3.05, 3.63) is 53.2 Å². The molecular formula is C12H11ClN2O2. The largest absolute Gasteiger partial charge is 0.438 e. The fourth-order valence-electron chi connectivity index (χ4n) is 1.39. The highest BCUT2D eigenvalue weighted by atomic mass is 35.5. The summed E-state index contributed by atoms with van der Waals surface area (Å²) >= 11 is 5.77. The van der Waals surface area contributed by atoms with Crippen LogP contribution in [0.15, 0.2) is 41.3 Å². The lowest BCUT2D eigenvalue weighted by Gasteiger charge is -2.03. The molecule has 1 amide bonds. The topological polar surface area (TPSA) is 55.1 Å². The summed E-state index contributed by atoms with van der Waals surface area (Å²) in [5.74, 6) is -0.0300. The van der Waals surface area contributed by atoms with Gasteiger partial charge in [0.15, 0.2) is 6.39 Å². The minimum atomic E-state index is -0.253. The number of amides is 1. The molecule has 0 fully saturated rings. The van der Waals surface area contributed by atoms with Crippen LogP contribution in [0.3, 0.4) is 0 Å². The van der Waals surface area contributed by atoms with Crippen LogP contribution < -0.4 is 5.32 Å². The number of hydrogen-bond donors (Lipinski definition) is 1. The summed E-state index contributed by atoms with van der Waals surface area (Å²) in [6.07, 6.45) is 3.36. The molecule has 0 radical (unpaired) electrons. The molecule has 0 bridgehead atoms. The SMILES string of the molecule is O=C(NCCc1ccc(Cl)cc1)c1cnco1. The van der Waals surface area contributed by atoms with E-state index in [1.807, 2.05) is 24.3 Å². The smallest absolute Gasteiger partial charge is 0.288 e. The molecule has 0 unspecified atom stereocenters. The van der Waals surface area contributed by atoms with Crippen molar-refractivity contribution in [3.63, 3.8) is 0 Å². The molecule has 1 aromatic heterocycles. The van der Waals surface area contributed by atoms with Gasteiger partial charge in [0.2, 0.25) is 5.76 Å². The Balaban J connectivity index is 1.80. The number of hydrogen-bond acceptors (Lipinski definition) is 3. The van der Waals surface area contributed by atoms with Crippen molar-refractivity contribution in [1.29, 1.82) is 0 Å². The maximum absolute atomic E-state index is 11.5. The second-order valence-electron chi connectivity index (χ2n) is 3.50. The fourth-order valence-corrected chi connectivity index (χ4v) is 1.51. The molecule has 1 N–H and O–H groups in total. The Kier molecular flexibility index (Phi) is 3.77. The van der Waals surface area contributed by atoms with Gasteiger partial charge in [-0.1, -0.05) is 23.7 Å². The molecule has 0 aliphatic rings. The molecule has 2 aromatic rings. The van der Waals surface area contributed by atoms with Crippen molar-refractivity contribution < 1.29 is 9.21 Å². The Labute approximate surface area is 104 Å². The number of rotatable bonds is 4. The van der Waals surface area contributed by atoms with Gasteiger partial charge in [-0.25, -0.2) is 4.98 Å². The Morgan fingerprint density at radius 3 is 2.76 bits per heavy atom. The fraction of sp³-hybridized carbons (Fsp3) is 0.167. The number of halogens is 1. The number of benzene rings is 1. The van der Waals surface area contributed by atoms with E-state index in [2.05, 4.69) is 10.3 Å². The first-order valence-corrected chi connectivity index (χ1v) is 5.54. The van der Waals surface area contributed by atoms with Crippen molar-refractivity contribution in [2.45, 2.75) is 6.42 Å². The summed E-state index contributed by atoms with van der Waals surface area (Å²) in [7, 11) is 0. The first-order chi connectivity index (χ1) is 8.25. The van der Waals surface area contributed by atoms with E-state index in [1.54, 1.807) is 0 Å². The van der Waals surface area contributed by atoms with E-state index in [-0.39, 0.29) is 11.7 Å². The molecule has 0 saturated heterocycles. The van der Waals surface area contributed by atoms with Gasteiger partial charge in [-0.3, -0.25) is 4.79 Å². The van der Waals surface area contributed by atoms with Crippen LogP contribution in [0.1, 0.15) is 16.1 Å². The highest BCUT2D eigenvalue weighted by Crippen LogP contribution is 2.09. The van der Waals surface area contributed by atoms with Gasteiger partial charge in [-0.05, 0) is 24.1 Å². The molecule has 0 atom stereocenters. The van der Waals surface area contributed by atoms with E-state index >= 15 is 0 Å². The van der Waals surface area contributed by atoms with Crippen LogP contribution in [0.5, 0.6) is 0 Å². The number of carbonyl (C=O) groups excluding carboxylic acids is 1. The molecule has 0 spiro atoms. The van der Waals surface area contributed by atoms with Gasteiger partial charge in [0.25, 0.3) is 5.91 Å². The van der Waals surface area contributed by atoms with Crippen LogP contribution in [-0.2, 0) is 6.42 Å². The number of carbonyl (C=O) groups is 1. The average molecular weight is 251 g/mol. The predicted octanol–water partition coefficient (Wildman–Crippen LogP) is 2.30. The molecule has 1 heterocycles. The number of nitrogens with zero attached hydrogens (tertiary/aromatic N) is 1. The first-order valence-electron chi connectivity index (χ1n) is 5.17. The molecule has 17 heavy (non-hydrogen) atoms. The van der Waals surface area contributed by atoms with Gasteiger partial charge < -0.3 is 9.73 Å². The van der Waals surface area contributed by atoms with Gasteiger partial charge >= 0.3 is 0 Å². The third kappa shape index (κ3) is 3.32. The van der Waals surface area contributed by atoms with Gasteiger partial charge in [-0.2, -0.15) is 0 Å². The summed E-state index contributed by atoms with van der Waals surface area (Å²) in [6, 6.07) is 7.52. The standard InChI is InChI=1S/C12H11ClN2O2/c13-10-3-1-9(2-4-10)5-6-15-12(16)11-7-14-8-17-11/h1-4,7-8H,5-6H2,(H,15,16). The molecule has 0 saturated carbocycles. The Morgan fingerprint density at radius 2 is 2.12 bits per heavy atom. The first kappa shape index (κ1) is 11.7. The summed E-state index contributed by atoms with van der Waals surface area (Å²) in [5.41, 5.74) is 1.12. The average Bonchev–Trinajstić information content (AvgIpc) is 2.85. The Hall–Kier alpha value is -1.81. The molecule has 0 aliphatic heterocycles. The third-order valence-electron chi connectivity index (χ3n) is 2.27. The van der Waals surface area contributed by atoms with Gasteiger partial charge in [0.1, 0.15) is 0 Å². The summed E-state index contributed by atoms with van der Waals surface area (Å²) < 4.78 is 4.87. The second kappa shape index (κ2) is 5.50. The van der Waals surface area contributed by atoms with Crippen LogP contribution >= 0.6 is 11.6 Å². The van der Waals surface area contributed by atoms with Crippen LogP contribution in [-0.4, -0.2) is 17.4 Å². The summed E-state index contributed by atoms with van der Waals surface area (Å²) in [6.45, 7) is 0.543. The van der Waals surface area contributed by atoms with Crippen molar-refractivity contribution in [3.8, 4) is 0 Å². The molecule has 1 aromatic carbocycles. The van der Waals surface area contributed by atoms with E-state index in [4.69, 9.17) is 16.0 Å². The van der Waals surface area contributed by atoms with Gasteiger partial charge in [0.05, 0.1) is 6.20 Å². The maximum Gasteiger partial charge on any atom is 0.288 e. The van der Waals surface area contributed by atoms with E-state index in [0.29, 0.717) is 11.6 Å². The zero-order chi connectivity index (χ0) is 12.1. The Morgan fingerprint density at radius 1 is 1.35 bits per heavy atom. The van der Waals surface area contributed by atoms with E-state index < -0.39 is 0 Å². The van der Waals surface area contributed by atoms with Gasteiger partial charge in [-0.15, -0.1) is 0 Å². The predicted molar refractivity (Wildman–Crippen MR) is 64.0 cm³/mol. The summed E-state index contributed by atoms with van der Waals surface area (Å²) in [4.78, 5) is 15.2. The molecule has 88 valence electrons. The van der Waals surface area contributed by atoms with E-state index in [0.717, 1.165) is 12.0 Å². The van der Waals surface area contributed by atoms with Crippen molar-refractivity contribution in [2.24, 2.45) is 0 Å². The van der Waals surface area contributed by atoms with Crippen LogP contribution in [0.25, 0.3) is 0 Å². The lowest BCUT2D eigenvalue weighted by molar-refractivity contribution is 0.0926. The zero-order valence-electron chi connectivity index (χ0n) is 9.02. The quantitative estimate of drug-likeness (QED) is 0.906. The minimum absolute atomic E-state index is 0.223. The molecule has 4 nitrogen and oxygen atoms in total. The summed E-state index contributed by atoms with van der Waals surface area (Å²) in [5, 5.41) is 3.45. The van der Waals surface area contributed by atoms with Crippen molar-refractivity contribution in [2.75, 3.05) is 6.54 Å². The van der Waals surface area contributed by atoms with Crippen LogP contribution in [0.4, 0.5) is 0 Å². The molecular weight excluding hydrogens is 240 g/mol.